The van der Waals surface area contributed by atoms with Crippen LogP contribution in [0.1, 0.15) is 20.3 Å². The predicted molar refractivity (Wildman–Crippen MR) is 46.5 cm³/mol. The topological polar surface area (TPSA) is 61.8 Å². The van der Waals surface area contributed by atoms with Crippen LogP contribution in [0.3, 0.4) is 0 Å². The third-order valence-corrected chi connectivity index (χ3v) is 1.93. The van der Waals surface area contributed by atoms with Crippen LogP contribution in [-0.4, -0.2) is 37.4 Å². The lowest BCUT2D eigenvalue weighted by atomic mass is 10.1. The monoisotopic (exact) mass is 202 g/mol. The molecule has 80 valence electrons. The molecule has 1 unspecified atom stereocenters. The zero-order valence-electron chi connectivity index (χ0n) is 8.53. The summed E-state index contributed by atoms with van der Waals surface area (Å²) in [5.41, 5.74) is 0. The third kappa shape index (κ3) is 2.78. The molecule has 0 aromatic heterocycles. The molecule has 0 spiro atoms. The number of ether oxygens (including phenoxy) is 3. The van der Waals surface area contributed by atoms with Gasteiger partial charge in [-0.1, -0.05) is 0 Å². The first-order valence-corrected chi connectivity index (χ1v) is 4.36. The van der Waals surface area contributed by atoms with Gasteiger partial charge in [0.15, 0.2) is 11.6 Å². The molecule has 0 bridgehead atoms. The van der Waals surface area contributed by atoms with E-state index in [0.717, 1.165) is 0 Å². The Bertz CT molecular complexity index is 246. The maximum absolute atomic E-state index is 11.3. The Morgan fingerprint density at radius 1 is 1.64 bits per heavy atom. The van der Waals surface area contributed by atoms with E-state index in [0.29, 0.717) is 0 Å². The molecule has 5 nitrogen and oxygen atoms in total. The van der Waals surface area contributed by atoms with Gasteiger partial charge in [0.05, 0.1) is 13.5 Å². The van der Waals surface area contributed by atoms with Gasteiger partial charge in [0.2, 0.25) is 0 Å². The minimum atomic E-state index is -0.813. The minimum Gasteiger partial charge on any atom is -0.469 e. The number of ketones is 1. The molecule has 1 aliphatic rings. The van der Waals surface area contributed by atoms with E-state index in [-0.39, 0.29) is 18.8 Å². The van der Waals surface area contributed by atoms with E-state index < -0.39 is 17.9 Å². The molecule has 0 radical (unpaired) electrons. The molecule has 0 aromatic rings. The summed E-state index contributed by atoms with van der Waals surface area (Å²) in [5, 5.41) is 0. The second-order valence-corrected chi connectivity index (χ2v) is 3.54. The highest BCUT2D eigenvalue weighted by atomic mass is 16.7. The van der Waals surface area contributed by atoms with E-state index in [9.17, 15) is 9.59 Å². The summed E-state index contributed by atoms with van der Waals surface area (Å²) < 4.78 is 14.8. The SMILES string of the molecule is COC(=O)CC1OC(C)(C)OCC1=O. The first-order valence-electron chi connectivity index (χ1n) is 4.36. The molecule has 0 N–H and O–H groups in total. The number of carbonyl (C=O) groups excluding carboxylic acids is 2. The van der Waals surface area contributed by atoms with Crippen LogP contribution in [0, 0.1) is 0 Å². The normalized spacial score (nSPS) is 25.9. The van der Waals surface area contributed by atoms with Gasteiger partial charge in [-0.3, -0.25) is 9.59 Å². The highest BCUT2D eigenvalue weighted by Crippen LogP contribution is 2.21. The number of hydrogen-bond donors (Lipinski definition) is 0. The van der Waals surface area contributed by atoms with E-state index in [1.807, 2.05) is 0 Å². The zero-order valence-corrected chi connectivity index (χ0v) is 8.53. The molecule has 1 atom stereocenters. The smallest absolute Gasteiger partial charge is 0.308 e. The van der Waals surface area contributed by atoms with E-state index in [4.69, 9.17) is 9.47 Å². The lowest BCUT2D eigenvalue weighted by molar-refractivity contribution is -0.259. The summed E-state index contributed by atoms with van der Waals surface area (Å²) in [6, 6.07) is 0. The Morgan fingerprint density at radius 2 is 2.29 bits per heavy atom. The summed E-state index contributed by atoms with van der Waals surface area (Å²) in [5.74, 6) is -1.50. The van der Waals surface area contributed by atoms with Gasteiger partial charge < -0.3 is 14.2 Å². The van der Waals surface area contributed by atoms with Crippen molar-refractivity contribution in [2.75, 3.05) is 13.7 Å². The number of rotatable bonds is 2. The fourth-order valence-electron chi connectivity index (χ4n) is 1.17. The molecule has 1 saturated heterocycles. The quantitative estimate of drug-likeness (QED) is 0.601. The minimum absolute atomic E-state index is 0.0192. The van der Waals surface area contributed by atoms with E-state index in [2.05, 4.69) is 4.74 Å². The molecule has 0 saturated carbocycles. The predicted octanol–water partition coefficient (Wildman–Crippen LogP) is 0.270. The zero-order chi connectivity index (χ0) is 10.8. The van der Waals surface area contributed by atoms with Crippen molar-refractivity contribution in [3.8, 4) is 0 Å². The van der Waals surface area contributed by atoms with Gasteiger partial charge in [0, 0.05) is 0 Å². The van der Waals surface area contributed by atoms with Gasteiger partial charge in [-0.25, -0.2) is 0 Å². The number of esters is 1. The molecule has 0 aliphatic carbocycles. The van der Waals surface area contributed by atoms with Crippen molar-refractivity contribution in [2.24, 2.45) is 0 Å². The van der Waals surface area contributed by atoms with Crippen LogP contribution in [0.15, 0.2) is 0 Å². The first kappa shape index (κ1) is 11.1. The van der Waals surface area contributed by atoms with Crippen molar-refractivity contribution in [1.82, 2.24) is 0 Å². The van der Waals surface area contributed by atoms with Crippen LogP contribution in [0.5, 0.6) is 0 Å². The van der Waals surface area contributed by atoms with Crippen LogP contribution in [0.2, 0.25) is 0 Å². The molecule has 0 aromatic carbocycles. The number of methoxy groups -OCH3 is 1. The van der Waals surface area contributed by atoms with Crippen molar-refractivity contribution in [3.05, 3.63) is 0 Å². The van der Waals surface area contributed by atoms with E-state index in [1.54, 1.807) is 13.8 Å². The number of Topliss-reactive ketones (excluding diaryl/α,β-unsaturated/α-hetero) is 1. The van der Waals surface area contributed by atoms with Gasteiger partial charge in [-0.05, 0) is 13.8 Å². The lowest BCUT2D eigenvalue weighted by Gasteiger charge is -2.34. The van der Waals surface area contributed by atoms with Crippen LogP contribution in [-0.2, 0) is 23.8 Å². The molecule has 1 rings (SSSR count). The van der Waals surface area contributed by atoms with Gasteiger partial charge in [-0.2, -0.15) is 0 Å². The molecule has 14 heavy (non-hydrogen) atoms. The Balaban J connectivity index is 2.57. The van der Waals surface area contributed by atoms with Gasteiger partial charge >= 0.3 is 5.97 Å². The molecule has 1 fully saturated rings. The summed E-state index contributed by atoms with van der Waals surface area (Å²) >= 11 is 0. The van der Waals surface area contributed by atoms with Crippen molar-refractivity contribution in [1.29, 1.82) is 0 Å². The van der Waals surface area contributed by atoms with Gasteiger partial charge in [-0.15, -0.1) is 0 Å². The van der Waals surface area contributed by atoms with Gasteiger partial charge in [0.25, 0.3) is 0 Å². The summed E-state index contributed by atoms with van der Waals surface area (Å²) in [7, 11) is 1.28. The molecule has 0 amide bonds. The Kier molecular flexibility index (Phi) is 3.23. The van der Waals surface area contributed by atoms with Crippen molar-refractivity contribution >= 4 is 11.8 Å². The highest BCUT2D eigenvalue weighted by Gasteiger charge is 2.36. The third-order valence-electron chi connectivity index (χ3n) is 1.93. The van der Waals surface area contributed by atoms with Crippen LogP contribution < -0.4 is 0 Å². The Labute approximate surface area is 82.3 Å². The highest BCUT2D eigenvalue weighted by molar-refractivity contribution is 5.88. The maximum Gasteiger partial charge on any atom is 0.308 e. The number of carbonyl (C=O) groups is 2. The Morgan fingerprint density at radius 3 is 2.86 bits per heavy atom. The van der Waals surface area contributed by atoms with Crippen molar-refractivity contribution in [3.63, 3.8) is 0 Å². The summed E-state index contributed by atoms with van der Waals surface area (Å²) in [4.78, 5) is 22.2. The molecule has 1 aliphatic heterocycles. The summed E-state index contributed by atoms with van der Waals surface area (Å²) in [6.45, 7) is 3.38. The van der Waals surface area contributed by atoms with Gasteiger partial charge in [0.1, 0.15) is 12.7 Å². The first-order chi connectivity index (χ1) is 6.44. The fraction of sp³-hybridized carbons (Fsp3) is 0.778. The average Bonchev–Trinajstić information content (AvgIpc) is 2.11. The molecular weight excluding hydrogens is 188 g/mol. The lowest BCUT2D eigenvalue weighted by Crippen LogP contribution is -2.46. The molecular formula is C9H14O5. The largest absolute Gasteiger partial charge is 0.469 e. The van der Waals surface area contributed by atoms with Crippen LogP contribution >= 0.6 is 0 Å². The Hall–Kier alpha value is -0.940. The van der Waals surface area contributed by atoms with Crippen molar-refractivity contribution in [2.45, 2.75) is 32.2 Å². The summed E-state index contributed by atoms with van der Waals surface area (Å²) in [6.07, 6.45) is -0.798. The second kappa shape index (κ2) is 4.06. The van der Waals surface area contributed by atoms with Crippen LogP contribution in [0.4, 0.5) is 0 Å². The molecule has 5 heteroatoms. The van der Waals surface area contributed by atoms with E-state index in [1.165, 1.54) is 7.11 Å². The average molecular weight is 202 g/mol. The number of hydrogen-bond acceptors (Lipinski definition) is 5. The van der Waals surface area contributed by atoms with E-state index >= 15 is 0 Å². The second-order valence-electron chi connectivity index (χ2n) is 3.54. The standard InChI is InChI=1S/C9H14O5/c1-9(2)13-5-6(10)7(14-9)4-8(11)12-3/h7H,4-5H2,1-3H3. The fourth-order valence-corrected chi connectivity index (χ4v) is 1.17. The maximum atomic E-state index is 11.3. The van der Waals surface area contributed by atoms with Crippen molar-refractivity contribution < 1.29 is 23.8 Å². The molecule has 1 heterocycles. The van der Waals surface area contributed by atoms with Crippen LogP contribution in [0.25, 0.3) is 0 Å².